The molecule has 0 spiro atoms. The SMILES string of the molecule is CNC1CCCN(C(CO)Cc2ccccc2)C1=O. The minimum Gasteiger partial charge on any atom is -0.394 e. The second-order valence-corrected chi connectivity index (χ2v) is 5.04. The summed E-state index contributed by atoms with van der Waals surface area (Å²) < 4.78 is 0. The predicted molar refractivity (Wildman–Crippen MR) is 74.8 cm³/mol. The molecule has 0 aromatic heterocycles. The molecule has 1 aromatic carbocycles. The molecular formula is C15H22N2O2. The molecule has 2 rings (SSSR count). The highest BCUT2D eigenvalue weighted by molar-refractivity contribution is 5.83. The number of nitrogens with one attached hydrogen (secondary N) is 1. The Bertz CT molecular complexity index is 408. The first-order chi connectivity index (χ1) is 9.26. The molecule has 2 atom stereocenters. The van der Waals surface area contributed by atoms with Crippen molar-refractivity contribution in [1.29, 1.82) is 0 Å². The lowest BCUT2D eigenvalue weighted by atomic mass is 9.99. The molecule has 1 aliphatic heterocycles. The molecule has 4 heteroatoms. The van der Waals surface area contributed by atoms with Gasteiger partial charge < -0.3 is 15.3 Å². The zero-order valence-electron chi connectivity index (χ0n) is 11.4. The minimum absolute atomic E-state index is 0.0110. The third-order valence-electron chi connectivity index (χ3n) is 3.79. The molecule has 1 heterocycles. The van der Waals surface area contributed by atoms with Gasteiger partial charge in [0, 0.05) is 6.54 Å². The van der Waals surface area contributed by atoms with Crippen molar-refractivity contribution in [3.8, 4) is 0 Å². The summed E-state index contributed by atoms with van der Waals surface area (Å²) in [4.78, 5) is 14.1. The summed E-state index contributed by atoms with van der Waals surface area (Å²) in [5.74, 6) is 0.115. The lowest BCUT2D eigenvalue weighted by molar-refractivity contribution is -0.139. The second kappa shape index (κ2) is 6.68. The number of benzene rings is 1. The van der Waals surface area contributed by atoms with Crippen LogP contribution in [0.25, 0.3) is 0 Å². The van der Waals surface area contributed by atoms with Crippen LogP contribution in [-0.4, -0.2) is 48.2 Å². The van der Waals surface area contributed by atoms with Gasteiger partial charge >= 0.3 is 0 Å². The molecule has 0 radical (unpaired) electrons. The van der Waals surface area contributed by atoms with Gasteiger partial charge in [0.1, 0.15) is 0 Å². The number of rotatable bonds is 5. The van der Waals surface area contributed by atoms with Crippen LogP contribution in [0.2, 0.25) is 0 Å². The summed E-state index contributed by atoms with van der Waals surface area (Å²) >= 11 is 0. The zero-order chi connectivity index (χ0) is 13.7. The number of carbonyl (C=O) groups is 1. The van der Waals surface area contributed by atoms with Gasteiger partial charge in [0.25, 0.3) is 0 Å². The highest BCUT2D eigenvalue weighted by Gasteiger charge is 2.31. The quantitative estimate of drug-likeness (QED) is 0.825. The minimum atomic E-state index is -0.119. The Morgan fingerprint density at radius 3 is 2.79 bits per heavy atom. The normalized spacial score (nSPS) is 21.5. The van der Waals surface area contributed by atoms with Gasteiger partial charge in [-0.1, -0.05) is 30.3 Å². The van der Waals surface area contributed by atoms with Crippen molar-refractivity contribution >= 4 is 5.91 Å². The summed E-state index contributed by atoms with van der Waals surface area (Å²) in [7, 11) is 1.82. The molecule has 2 N–H and O–H groups in total. The van der Waals surface area contributed by atoms with Gasteiger partial charge in [-0.2, -0.15) is 0 Å². The van der Waals surface area contributed by atoms with Gasteiger partial charge in [-0.3, -0.25) is 4.79 Å². The van der Waals surface area contributed by atoms with Crippen LogP contribution in [0.4, 0.5) is 0 Å². The van der Waals surface area contributed by atoms with Crippen molar-refractivity contribution in [2.75, 3.05) is 20.2 Å². The molecule has 1 amide bonds. The molecule has 2 unspecified atom stereocenters. The van der Waals surface area contributed by atoms with Crippen LogP contribution in [0.5, 0.6) is 0 Å². The lowest BCUT2D eigenvalue weighted by Crippen LogP contribution is -2.55. The number of hydrogen-bond donors (Lipinski definition) is 2. The molecule has 0 aliphatic carbocycles. The summed E-state index contributed by atoms with van der Waals surface area (Å²) in [5, 5.41) is 12.7. The Morgan fingerprint density at radius 1 is 1.42 bits per heavy atom. The highest BCUT2D eigenvalue weighted by Crippen LogP contribution is 2.17. The van der Waals surface area contributed by atoms with Crippen molar-refractivity contribution < 1.29 is 9.90 Å². The Morgan fingerprint density at radius 2 is 2.16 bits per heavy atom. The average molecular weight is 262 g/mol. The number of aliphatic hydroxyl groups is 1. The average Bonchev–Trinajstić information content (AvgIpc) is 2.46. The van der Waals surface area contributed by atoms with Gasteiger partial charge in [-0.25, -0.2) is 0 Å². The fraction of sp³-hybridized carbons (Fsp3) is 0.533. The van der Waals surface area contributed by atoms with E-state index in [0.29, 0.717) is 6.42 Å². The number of likely N-dealkylation sites (N-methyl/N-ethyl adjacent to an activating group) is 1. The molecule has 0 bridgehead atoms. The fourth-order valence-corrected chi connectivity index (χ4v) is 2.69. The van der Waals surface area contributed by atoms with E-state index in [2.05, 4.69) is 5.32 Å². The van der Waals surface area contributed by atoms with Crippen molar-refractivity contribution in [2.24, 2.45) is 0 Å². The van der Waals surface area contributed by atoms with E-state index in [1.54, 1.807) is 0 Å². The van der Waals surface area contributed by atoms with Crippen LogP contribution < -0.4 is 5.32 Å². The Balaban J connectivity index is 2.06. The first-order valence-corrected chi connectivity index (χ1v) is 6.88. The predicted octanol–water partition coefficient (Wildman–Crippen LogP) is 0.800. The number of likely N-dealkylation sites (tertiary alicyclic amines) is 1. The van der Waals surface area contributed by atoms with Gasteiger partial charge in [0.05, 0.1) is 18.7 Å². The molecule has 1 fully saturated rings. The van der Waals surface area contributed by atoms with Gasteiger partial charge in [0.2, 0.25) is 5.91 Å². The monoisotopic (exact) mass is 262 g/mol. The van der Waals surface area contributed by atoms with E-state index < -0.39 is 0 Å². The fourth-order valence-electron chi connectivity index (χ4n) is 2.69. The molecule has 1 aromatic rings. The summed E-state index contributed by atoms with van der Waals surface area (Å²) in [6.45, 7) is 0.756. The van der Waals surface area contributed by atoms with Crippen LogP contribution in [0.15, 0.2) is 30.3 Å². The number of piperidine rings is 1. The molecule has 4 nitrogen and oxygen atoms in total. The van der Waals surface area contributed by atoms with E-state index in [-0.39, 0.29) is 24.6 Å². The maximum absolute atomic E-state index is 12.3. The highest BCUT2D eigenvalue weighted by atomic mass is 16.3. The number of nitrogens with zero attached hydrogens (tertiary/aromatic N) is 1. The van der Waals surface area contributed by atoms with Crippen LogP contribution in [0.1, 0.15) is 18.4 Å². The number of aliphatic hydroxyl groups excluding tert-OH is 1. The van der Waals surface area contributed by atoms with Crippen LogP contribution in [0, 0.1) is 0 Å². The molecule has 104 valence electrons. The van der Waals surface area contributed by atoms with E-state index in [1.807, 2.05) is 42.3 Å². The second-order valence-electron chi connectivity index (χ2n) is 5.04. The zero-order valence-corrected chi connectivity index (χ0v) is 11.4. The Labute approximate surface area is 114 Å². The van der Waals surface area contributed by atoms with Crippen LogP contribution >= 0.6 is 0 Å². The van der Waals surface area contributed by atoms with Gasteiger partial charge in [0.15, 0.2) is 0 Å². The van der Waals surface area contributed by atoms with Crippen molar-refractivity contribution in [1.82, 2.24) is 10.2 Å². The molecule has 19 heavy (non-hydrogen) atoms. The molecular weight excluding hydrogens is 240 g/mol. The topological polar surface area (TPSA) is 52.6 Å². The van der Waals surface area contributed by atoms with Crippen molar-refractivity contribution in [3.05, 3.63) is 35.9 Å². The number of carbonyl (C=O) groups excluding carboxylic acids is 1. The molecule has 1 aliphatic rings. The van der Waals surface area contributed by atoms with Crippen LogP contribution in [0.3, 0.4) is 0 Å². The van der Waals surface area contributed by atoms with E-state index in [0.717, 1.165) is 24.9 Å². The maximum atomic E-state index is 12.3. The van der Waals surface area contributed by atoms with Crippen LogP contribution in [-0.2, 0) is 11.2 Å². The Hall–Kier alpha value is -1.39. The lowest BCUT2D eigenvalue weighted by Gasteiger charge is -2.37. The molecule has 0 saturated carbocycles. The van der Waals surface area contributed by atoms with E-state index in [4.69, 9.17) is 0 Å². The van der Waals surface area contributed by atoms with Crippen molar-refractivity contribution in [3.63, 3.8) is 0 Å². The van der Waals surface area contributed by atoms with E-state index in [9.17, 15) is 9.90 Å². The number of hydrogen-bond acceptors (Lipinski definition) is 3. The van der Waals surface area contributed by atoms with Crippen molar-refractivity contribution in [2.45, 2.75) is 31.3 Å². The third-order valence-corrected chi connectivity index (χ3v) is 3.79. The first-order valence-electron chi connectivity index (χ1n) is 6.88. The van der Waals surface area contributed by atoms with Gasteiger partial charge in [-0.05, 0) is 31.9 Å². The summed E-state index contributed by atoms with van der Waals surface area (Å²) in [6, 6.07) is 9.79. The molecule has 1 saturated heterocycles. The summed E-state index contributed by atoms with van der Waals surface area (Å²) in [6.07, 6.45) is 2.58. The maximum Gasteiger partial charge on any atom is 0.240 e. The van der Waals surface area contributed by atoms with Gasteiger partial charge in [-0.15, -0.1) is 0 Å². The largest absolute Gasteiger partial charge is 0.394 e. The third kappa shape index (κ3) is 3.33. The van der Waals surface area contributed by atoms with E-state index >= 15 is 0 Å². The summed E-state index contributed by atoms with van der Waals surface area (Å²) in [5.41, 5.74) is 1.15. The Kier molecular flexibility index (Phi) is 4.93. The number of amides is 1. The van der Waals surface area contributed by atoms with E-state index in [1.165, 1.54) is 0 Å². The smallest absolute Gasteiger partial charge is 0.240 e. The first kappa shape index (κ1) is 14.0. The standard InChI is InChI=1S/C15H22N2O2/c1-16-14-8-5-9-17(15(14)19)13(11-18)10-12-6-3-2-4-7-12/h2-4,6-7,13-14,16,18H,5,8-11H2,1H3.